The van der Waals surface area contributed by atoms with Crippen molar-refractivity contribution in [2.45, 2.75) is 6.61 Å². The van der Waals surface area contributed by atoms with Crippen molar-refractivity contribution in [1.29, 1.82) is 5.26 Å². The standard InChI is InChI=1S/C13H10N2O/c14-6-11-3-1-2-4-13(11)12-5-10(9-16)7-15-8-12/h1-5,7-8,16H,9H2. The number of aromatic nitrogens is 1. The van der Waals surface area contributed by atoms with E-state index in [1.54, 1.807) is 18.5 Å². The highest BCUT2D eigenvalue weighted by Crippen LogP contribution is 2.22. The van der Waals surface area contributed by atoms with Crippen molar-refractivity contribution in [3.63, 3.8) is 0 Å². The summed E-state index contributed by atoms with van der Waals surface area (Å²) in [6, 6.07) is 11.3. The number of aliphatic hydroxyl groups excluding tert-OH is 1. The van der Waals surface area contributed by atoms with E-state index in [9.17, 15) is 0 Å². The quantitative estimate of drug-likeness (QED) is 0.825. The molecule has 78 valence electrons. The summed E-state index contributed by atoms with van der Waals surface area (Å²) in [6.07, 6.45) is 3.30. The molecule has 0 atom stereocenters. The molecule has 1 heterocycles. The number of rotatable bonds is 2. The minimum Gasteiger partial charge on any atom is -0.392 e. The summed E-state index contributed by atoms with van der Waals surface area (Å²) in [5.41, 5.74) is 3.04. The van der Waals surface area contributed by atoms with Gasteiger partial charge in [0.05, 0.1) is 18.2 Å². The van der Waals surface area contributed by atoms with Crippen LogP contribution >= 0.6 is 0 Å². The number of aliphatic hydroxyl groups is 1. The Morgan fingerprint density at radius 3 is 2.81 bits per heavy atom. The van der Waals surface area contributed by atoms with Crippen molar-refractivity contribution in [3.05, 3.63) is 53.9 Å². The van der Waals surface area contributed by atoms with Crippen LogP contribution in [0, 0.1) is 11.3 Å². The summed E-state index contributed by atoms with van der Waals surface area (Å²) in [5, 5.41) is 18.0. The third-order valence-electron chi connectivity index (χ3n) is 2.34. The Balaban J connectivity index is 2.55. The smallest absolute Gasteiger partial charge is 0.0998 e. The third-order valence-corrected chi connectivity index (χ3v) is 2.34. The van der Waals surface area contributed by atoms with Gasteiger partial charge in [-0.3, -0.25) is 4.98 Å². The van der Waals surface area contributed by atoms with Gasteiger partial charge in [0.15, 0.2) is 0 Å². The highest BCUT2D eigenvalue weighted by atomic mass is 16.3. The van der Waals surface area contributed by atoms with Crippen LogP contribution in [0.3, 0.4) is 0 Å². The molecule has 0 aliphatic rings. The van der Waals surface area contributed by atoms with Crippen LogP contribution in [0.4, 0.5) is 0 Å². The van der Waals surface area contributed by atoms with Crippen LogP contribution in [-0.2, 0) is 6.61 Å². The van der Waals surface area contributed by atoms with Crippen LogP contribution in [0.15, 0.2) is 42.7 Å². The molecule has 1 aromatic carbocycles. The average Bonchev–Trinajstić information content (AvgIpc) is 2.38. The summed E-state index contributed by atoms with van der Waals surface area (Å²) in [7, 11) is 0. The molecule has 2 aromatic rings. The van der Waals surface area contributed by atoms with Gasteiger partial charge in [-0.1, -0.05) is 18.2 Å². The minimum atomic E-state index is -0.0461. The molecule has 0 saturated heterocycles. The molecule has 0 saturated carbocycles. The number of hydrogen-bond acceptors (Lipinski definition) is 3. The molecule has 1 aromatic heterocycles. The first-order chi connectivity index (χ1) is 7.85. The zero-order valence-electron chi connectivity index (χ0n) is 8.59. The molecule has 0 amide bonds. The van der Waals surface area contributed by atoms with E-state index < -0.39 is 0 Å². The van der Waals surface area contributed by atoms with E-state index in [1.165, 1.54) is 0 Å². The summed E-state index contributed by atoms with van der Waals surface area (Å²) >= 11 is 0. The predicted molar refractivity (Wildman–Crippen MR) is 60.3 cm³/mol. The Kier molecular flexibility index (Phi) is 2.95. The molecule has 0 radical (unpaired) electrons. The lowest BCUT2D eigenvalue weighted by Crippen LogP contribution is -1.89. The molecule has 0 aliphatic carbocycles. The van der Waals surface area contributed by atoms with Gasteiger partial charge in [0, 0.05) is 23.5 Å². The second kappa shape index (κ2) is 4.56. The van der Waals surface area contributed by atoms with Crippen molar-refractivity contribution < 1.29 is 5.11 Å². The molecule has 16 heavy (non-hydrogen) atoms. The Bertz CT molecular complexity index is 544. The normalized spacial score (nSPS) is 9.75. The fraction of sp³-hybridized carbons (Fsp3) is 0.0769. The van der Waals surface area contributed by atoms with Gasteiger partial charge < -0.3 is 5.11 Å². The molecule has 0 aliphatic heterocycles. The highest BCUT2D eigenvalue weighted by molar-refractivity contribution is 5.70. The molecule has 0 fully saturated rings. The van der Waals surface area contributed by atoms with E-state index in [-0.39, 0.29) is 6.61 Å². The van der Waals surface area contributed by atoms with Gasteiger partial charge >= 0.3 is 0 Å². The highest BCUT2D eigenvalue weighted by Gasteiger charge is 2.04. The lowest BCUT2D eigenvalue weighted by Gasteiger charge is -2.04. The largest absolute Gasteiger partial charge is 0.392 e. The summed E-state index contributed by atoms with van der Waals surface area (Å²) in [4.78, 5) is 4.04. The number of hydrogen-bond donors (Lipinski definition) is 1. The van der Waals surface area contributed by atoms with Crippen LogP contribution in [0.1, 0.15) is 11.1 Å². The van der Waals surface area contributed by atoms with Crippen molar-refractivity contribution in [3.8, 4) is 17.2 Å². The van der Waals surface area contributed by atoms with E-state index in [2.05, 4.69) is 11.1 Å². The second-order valence-electron chi connectivity index (χ2n) is 3.40. The number of benzene rings is 1. The molecule has 0 unspecified atom stereocenters. The van der Waals surface area contributed by atoms with Crippen LogP contribution in [0.2, 0.25) is 0 Å². The van der Waals surface area contributed by atoms with Crippen LogP contribution in [0.25, 0.3) is 11.1 Å². The summed E-state index contributed by atoms with van der Waals surface area (Å²) < 4.78 is 0. The van der Waals surface area contributed by atoms with Gasteiger partial charge in [0.2, 0.25) is 0 Å². The van der Waals surface area contributed by atoms with E-state index >= 15 is 0 Å². The van der Waals surface area contributed by atoms with Gasteiger partial charge in [-0.15, -0.1) is 0 Å². The Morgan fingerprint density at radius 2 is 2.06 bits per heavy atom. The van der Waals surface area contributed by atoms with Gasteiger partial charge in [-0.05, 0) is 17.7 Å². The zero-order valence-corrected chi connectivity index (χ0v) is 8.59. The Labute approximate surface area is 93.6 Å². The van der Waals surface area contributed by atoms with E-state index in [1.807, 2.05) is 24.3 Å². The van der Waals surface area contributed by atoms with Crippen LogP contribution in [0.5, 0.6) is 0 Å². The van der Waals surface area contributed by atoms with E-state index in [4.69, 9.17) is 10.4 Å². The molecule has 1 N–H and O–H groups in total. The summed E-state index contributed by atoms with van der Waals surface area (Å²) in [6.45, 7) is -0.0461. The lowest BCUT2D eigenvalue weighted by molar-refractivity contribution is 0.281. The van der Waals surface area contributed by atoms with Crippen LogP contribution in [-0.4, -0.2) is 10.1 Å². The van der Waals surface area contributed by atoms with Crippen LogP contribution < -0.4 is 0 Å². The molecular formula is C13H10N2O. The van der Waals surface area contributed by atoms with E-state index in [0.717, 1.165) is 16.7 Å². The second-order valence-corrected chi connectivity index (χ2v) is 3.40. The number of pyridine rings is 1. The first-order valence-corrected chi connectivity index (χ1v) is 4.89. The Morgan fingerprint density at radius 1 is 1.25 bits per heavy atom. The van der Waals surface area contributed by atoms with Gasteiger partial charge in [-0.2, -0.15) is 5.26 Å². The minimum absolute atomic E-state index is 0.0461. The van der Waals surface area contributed by atoms with E-state index in [0.29, 0.717) is 5.56 Å². The monoisotopic (exact) mass is 210 g/mol. The average molecular weight is 210 g/mol. The predicted octanol–water partition coefficient (Wildman–Crippen LogP) is 2.11. The Hall–Kier alpha value is -2.18. The maximum Gasteiger partial charge on any atom is 0.0998 e. The first kappa shape index (κ1) is 10.3. The van der Waals surface area contributed by atoms with Gasteiger partial charge in [0.25, 0.3) is 0 Å². The fourth-order valence-electron chi connectivity index (χ4n) is 1.55. The van der Waals surface area contributed by atoms with Crippen molar-refractivity contribution in [2.24, 2.45) is 0 Å². The van der Waals surface area contributed by atoms with Gasteiger partial charge in [-0.25, -0.2) is 0 Å². The molecule has 3 heteroatoms. The van der Waals surface area contributed by atoms with Crippen molar-refractivity contribution in [1.82, 2.24) is 4.98 Å². The maximum atomic E-state index is 9.03. The molecule has 0 bridgehead atoms. The molecule has 0 spiro atoms. The molecular weight excluding hydrogens is 200 g/mol. The number of nitriles is 1. The maximum absolute atomic E-state index is 9.03. The van der Waals surface area contributed by atoms with Crippen molar-refractivity contribution in [2.75, 3.05) is 0 Å². The molecule has 2 rings (SSSR count). The first-order valence-electron chi connectivity index (χ1n) is 4.89. The zero-order chi connectivity index (χ0) is 11.4. The fourth-order valence-corrected chi connectivity index (χ4v) is 1.55. The third kappa shape index (κ3) is 1.92. The lowest BCUT2D eigenvalue weighted by atomic mass is 10.0. The SMILES string of the molecule is N#Cc1ccccc1-c1cncc(CO)c1. The number of nitrogens with zero attached hydrogens (tertiary/aromatic N) is 2. The summed E-state index contributed by atoms with van der Waals surface area (Å²) in [5.74, 6) is 0. The topological polar surface area (TPSA) is 56.9 Å². The van der Waals surface area contributed by atoms with Crippen molar-refractivity contribution >= 4 is 0 Å². The van der Waals surface area contributed by atoms with Gasteiger partial charge in [0.1, 0.15) is 0 Å². The molecule has 3 nitrogen and oxygen atoms in total.